The van der Waals surface area contributed by atoms with Crippen LogP contribution in [-0.2, 0) is 16.0 Å². The zero-order chi connectivity index (χ0) is 18.7. The van der Waals surface area contributed by atoms with Gasteiger partial charge in [0.1, 0.15) is 5.53 Å². The quantitative estimate of drug-likeness (QED) is 0.432. The van der Waals surface area contributed by atoms with Crippen LogP contribution in [0, 0.1) is 19.4 Å². The van der Waals surface area contributed by atoms with Crippen LogP contribution < -0.4 is 4.91 Å². The number of methoxy groups -OCH3 is 1. The second-order valence-electron chi connectivity index (χ2n) is 5.88. The normalized spacial score (nSPS) is 10.6. The minimum absolute atomic E-state index is 0.241. The molecule has 8 nitrogen and oxygen atoms in total. The van der Waals surface area contributed by atoms with E-state index in [4.69, 9.17) is 10.3 Å². The predicted molar refractivity (Wildman–Crippen MR) is 95.2 cm³/mol. The fraction of sp³-hybridized carbons (Fsp3) is 0.278. The molecule has 0 atom stereocenters. The molecule has 0 unspecified atom stereocenters. The third kappa shape index (κ3) is 3.36. The number of aryl methyl sites for hydroxylation is 2. The first kappa shape index (κ1) is 17.4. The summed E-state index contributed by atoms with van der Waals surface area (Å²) in [7, 11) is 1.39. The third-order valence-electron chi connectivity index (χ3n) is 4.30. The molecule has 0 aliphatic heterocycles. The van der Waals surface area contributed by atoms with E-state index in [1.54, 1.807) is 16.6 Å². The lowest BCUT2D eigenvalue weighted by Gasteiger charge is -2.10. The van der Waals surface area contributed by atoms with Gasteiger partial charge in [-0.25, -0.2) is 9.50 Å². The van der Waals surface area contributed by atoms with E-state index in [1.807, 2.05) is 32.0 Å². The minimum atomic E-state index is -0.241. The van der Waals surface area contributed by atoms with Gasteiger partial charge in [-0.2, -0.15) is 5.10 Å². The van der Waals surface area contributed by atoms with Crippen LogP contribution in [0.3, 0.4) is 0 Å². The first-order valence-electron chi connectivity index (χ1n) is 8.14. The zero-order valence-electron chi connectivity index (χ0n) is 14.9. The summed E-state index contributed by atoms with van der Waals surface area (Å²) in [6.45, 7) is 3.91. The van der Waals surface area contributed by atoms with E-state index in [9.17, 15) is 4.79 Å². The predicted octanol–water partition coefficient (Wildman–Crippen LogP) is 3.30. The number of nitrogens with zero attached hydrogens (tertiary/aromatic N) is 5. The molecule has 0 saturated carbocycles. The maximum atomic E-state index is 11.4. The standard InChI is InChI=1S/C18H19N6O2/c1-11-15(8-9-18(25)26-3)12(2)24-17(20-11)10-16(22-24)13-4-6-14(7-5-13)21-23-19/h4-7,10,19H,8-9H2,1-3H3/q+1. The lowest BCUT2D eigenvalue weighted by Crippen LogP contribution is -2.08. The number of esters is 1. The maximum absolute atomic E-state index is 11.4. The topological polar surface area (TPSA) is 107 Å². The van der Waals surface area contributed by atoms with Gasteiger partial charge in [-0.15, -0.1) is 0 Å². The van der Waals surface area contributed by atoms with Crippen LogP contribution in [0.15, 0.2) is 35.4 Å². The fourth-order valence-electron chi connectivity index (χ4n) is 2.92. The Bertz CT molecular complexity index is 1020. The van der Waals surface area contributed by atoms with Crippen molar-refractivity contribution in [1.82, 2.24) is 19.5 Å². The number of rotatable bonds is 5. The molecule has 1 N–H and O–H groups in total. The van der Waals surface area contributed by atoms with Crippen molar-refractivity contribution in [3.05, 3.63) is 47.3 Å². The molecule has 0 radical (unpaired) electrons. The lowest BCUT2D eigenvalue weighted by atomic mass is 10.1. The van der Waals surface area contributed by atoms with Crippen LogP contribution in [-0.4, -0.2) is 27.7 Å². The zero-order valence-corrected chi connectivity index (χ0v) is 14.9. The van der Waals surface area contributed by atoms with E-state index in [-0.39, 0.29) is 5.97 Å². The SMILES string of the molecule is COC(=O)CCc1c(C)nc2cc(-c3ccc(N=[N+]=N)cc3)nn2c1C. The Morgan fingerprint density at radius 2 is 2.04 bits per heavy atom. The highest BCUT2D eigenvalue weighted by Crippen LogP contribution is 2.24. The van der Waals surface area contributed by atoms with Gasteiger partial charge in [-0.1, -0.05) is 12.1 Å². The molecule has 3 rings (SSSR count). The minimum Gasteiger partial charge on any atom is -0.469 e. The van der Waals surface area contributed by atoms with Crippen molar-refractivity contribution in [3.8, 4) is 11.3 Å². The van der Waals surface area contributed by atoms with Crippen molar-refractivity contribution in [2.24, 2.45) is 5.11 Å². The number of ether oxygens (including phenoxy) is 1. The van der Waals surface area contributed by atoms with Gasteiger partial charge in [0, 0.05) is 29.4 Å². The van der Waals surface area contributed by atoms with Gasteiger partial charge < -0.3 is 4.74 Å². The number of benzene rings is 1. The molecule has 2 aromatic heterocycles. The largest absolute Gasteiger partial charge is 0.469 e. The van der Waals surface area contributed by atoms with E-state index in [1.165, 1.54) is 7.11 Å². The summed E-state index contributed by atoms with van der Waals surface area (Å²) in [5, 5.41) is 8.33. The van der Waals surface area contributed by atoms with Gasteiger partial charge >= 0.3 is 5.97 Å². The summed E-state index contributed by atoms with van der Waals surface area (Å²) in [6, 6.07) is 9.25. The molecule has 0 aliphatic rings. The number of carbonyl (C=O) groups is 1. The summed E-state index contributed by atoms with van der Waals surface area (Å²) in [4.78, 5) is 19.1. The van der Waals surface area contributed by atoms with E-state index < -0.39 is 0 Å². The molecule has 0 saturated heterocycles. The van der Waals surface area contributed by atoms with E-state index in [0.29, 0.717) is 18.5 Å². The molecule has 1 aromatic carbocycles. The van der Waals surface area contributed by atoms with E-state index in [0.717, 1.165) is 33.9 Å². The Balaban J connectivity index is 1.99. The Kier molecular flexibility index (Phi) is 4.86. The Labute approximate surface area is 150 Å². The van der Waals surface area contributed by atoms with Gasteiger partial charge in [-0.3, -0.25) is 4.79 Å². The van der Waals surface area contributed by atoms with Gasteiger partial charge in [0.25, 0.3) is 0 Å². The first-order valence-corrected chi connectivity index (χ1v) is 8.14. The Hall–Kier alpha value is -3.38. The molecule has 0 aliphatic carbocycles. The number of aromatic nitrogens is 3. The van der Waals surface area contributed by atoms with Crippen LogP contribution >= 0.6 is 0 Å². The van der Waals surface area contributed by atoms with Crippen LogP contribution in [0.2, 0.25) is 0 Å². The van der Waals surface area contributed by atoms with Gasteiger partial charge in [-0.05, 0) is 38.0 Å². The monoisotopic (exact) mass is 351 g/mol. The summed E-state index contributed by atoms with van der Waals surface area (Å²) in [5.74, 6) is -0.241. The highest BCUT2D eigenvalue weighted by Gasteiger charge is 2.14. The van der Waals surface area contributed by atoms with Crippen molar-refractivity contribution < 1.29 is 9.53 Å². The van der Waals surface area contributed by atoms with Crippen LogP contribution in [0.4, 0.5) is 5.69 Å². The molecule has 8 heteroatoms. The summed E-state index contributed by atoms with van der Waals surface area (Å²) in [5.41, 5.74) is 12.7. The molecule has 0 fully saturated rings. The fourth-order valence-corrected chi connectivity index (χ4v) is 2.92. The van der Waals surface area contributed by atoms with Gasteiger partial charge in [0.05, 0.1) is 12.8 Å². The number of fused-ring (bicyclic) bond motifs is 1. The highest BCUT2D eigenvalue weighted by atomic mass is 16.5. The molecule has 132 valence electrons. The first-order chi connectivity index (χ1) is 12.5. The molecule has 2 heterocycles. The van der Waals surface area contributed by atoms with E-state index in [2.05, 4.69) is 20.1 Å². The Morgan fingerprint density at radius 3 is 2.69 bits per heavy atom. The molecular formula is C18H19N6O2+. The molecule has 0 bridgehead atoms. The molecule has 0 amide bonds. The third-order valence-corrected chi connectivity index (χ3v) is 4.30. The number of hydrogen-bond acceptors (Lipinski definition) is 6. The molecular weight excluding hydrogens is 332 g/mol. The second kappa shape index (κ2) is 7.25. The summed E-state index contributed by atoms with van der Waals surface area (Å²) >= 11 is 0. The molecule has 0 spiro atoms. The van der Waals surface area contributed by atoms with Crippen molar-refractivity contribution in [3.63, 3.8) is 0 Å². The van der Waals surface area contributed by atoms with Crippen LogP contribution in [0.1, 0.15) is 23.4 Å². The average molecular weight is 351 g/mol. The van der Waals surface area contributed by atoms with Crippen molar-refractivity contribution in [2.75, 3.05) is 7.11 Å². The summed E-state index contributed by atoms with van der Waals surface area (Å²) in [6.07, 6.45) is 0.876. The summed E-state index contributed by atoms with van der Waals surface area (Å²) < 4.78 is 6.52. The smallest absolute Gasteiger partial charge is 0.305 e. The van der Waals surface area contributed by atoms with Gasteiger partial charge in [0.15, 0.2) is 16.4 Å². The number of nitrogens with one attached hydrogen (secondary N) is 1. The van der Waals surface area contributed by atoms with Crippen molar-refractivity contribution in [2.45, 2.75) is 26.7 Å². The molecule has 26 heavy (non-hydrogen) atoms. The lowest BCUT2D eigenvalue weighted by molar-refractivity contribution is -0.140. The van der Waals surface area contributed by atoms with Gasteiger partial charge in [0.2, 0.25) is 4.91 Å². The molecule has 3 aromatic rings. The van der Waals surface area contributed by atoms with E-state index >= 15 is 0 Å². The highest BCUT2D eigenvalue weighted by molar-refractivity contribution is 5.70. The maximum Gasteiger partial charge on any atom is 0.305 e. The second-order valence-corrected chi connectivity index (χ2v) is 5.88. The average Bonchev–Trinajstić information content (AvgIpc) is 3.06. The van der Waals surface area contributed by atoms with Crippen LogP contribution in [0.5, 0.6) is 0 Å². The van der Waals surface area contributed by atoms with Crippen molar-refractivity contribution in [1.29, 1.82) is 5.53 Å². The van der Waals surface area contributed by atoms with Crippen LogP contribution in [0.25, 0.3) is 16.9 Å². The number of carbonyl (C=O) groups excluding carboxylic acids is 1. The number of hydrogen-bond donors (Lipinski definition) is 1. The van der Waals surface area contributed by atoms with Crippen molar-refractivity contribution >= 4 is 17.3 Å². The Morgan fingerprint density at radius 1 is 1.31 bits per heavy atom.